The van der Waals surface area contributed by atoms with Crippen LogP contribution in [0.25, 0.3) is 5.76 Å². The van der Waals surface area contributed by atoms with Crippen molar-refractivity contribution in [3.05, 3.63) is 112 Å². The number of thioether (sulfide) groups is 1. The van der Waals surface area contributed by atoms with Crippen LogP contribution < -0.4 is 4.90 Å². The normalized spacial score (nSPS) is 19.2. The molecular weight excluding hydrogens is 390 g/mol. The number of anilines is 1. The molecule has 0 saturated carbocycles. The average molecular weight is 407 g/mol. The van der Waals surface area contributed by atoms with E-state index < -0.39 is 5.92 Å². The van der Waals surface area contributed by atoms with Gasteiger partial charge in [-0.25, -0.2) is 0 Å². The Hall–Kier alpha value is -3.75. The molecule has 0 amide bonds. The zero-order chi connectivity index (χ0) is 20.7. The number of aliphatic hydroxyl groups excluding tert-OH is 1. The Kier molecular flexibility index (Phi) is 4.42. The van der Waals surface area contributed by atoms with E-state index in [0.29, 0.717) is 16.7 Å². The Morgan fingerprint density at radius 3 is 2.27 bits per heavy atom. The molecule has 5 rings (SSSR count). The summed E-state index contributed by atoms with van der Waals surface area (Å²) < 4.78 is 0. The van der Waals surface area contributed by atoms with Gasteiger partial charge in [-0.15, -0.1) is 0 Å². The number of para-hydroxylation sites is 1. The molecule has 3 aromatic carbocycles. The number of aliphatic hydroxyl groups is 1. The second-order valence-corrected chi connectivity index (χ2v) is 8.09. The number of amidine groups is 1. The van der Waals surface area contributed by atoms with Gasteiger partial charge in [0.1, 0.15) is 16.6 Å². The lowest BCUT2D eigenvalue weighted by Gasteiger charge is -2.34. The molecule has 5 heteroatoms. The van der Waals surface area contributed by atoms with Gasteiger partial charge in [-0.1, -0.05) is 84.6 Å². The number of benzene rings is 3. The molecule has 2 aliphatic rings. The highest BCUT2D eigenvalue weighted by atomic mass is 32.2. The van der Waals surface area contributed by atoms with Crippen molar-refractivity contribution in [2.24, 2.45) is 0 Å². The van der Waals surface area contributed by atoms with E-state index in [1.54, 1.807) is 4.90 Å². The summed E-state index contributed by atoms with van der Waals surface area (Å²) in [5, 5.41) is 31.3. The number of nitriles is 1. The zero-order valence-corrected chi connectivity index (χ0v) is 16.7. The van der Waals surface area contributed by atoms with Crippen LogP contribution in [0.15, 0.2) is 106 Å². The van der Waals surface area contributed by atoms with Gasteiger partial charge in [-0.3, -0.25) is 10.3 Å². The molecule has 0 bridgehead atoms. The summed E-state index contributed by atoms with van der Waals surface area (Å²) in [6.45, 7) is 0. The maximum absolute atomic E-state index is 11.3. The third kappa shape index (κ3) is 2.73. The predicted molar refractivity (Wildman–Crippen MR) is 120 cm³/mol. The number of fused-ring (bicyclic) bond motifs is 3. The molecule has 0 aromatic heterocycles. The van der Waals surface area contributed by atoms with Crippen LogP contribution in [0.3, 0.4) is 0 Å². The van der Waals surface area contributed by atoms with Gasteiger partial charge in [0.05, 0.1) is 23.2 Å². The summed E-state index contributed by atoms with van der Waals surface area (Å²) >= 11 is 1.50. The van der Waals surface area contributed by atoms with E-state index in [2.05, 4.69) is 6.07 Å². The lowest BCUT2D eigenvalue weighted by atomic mass is 9.80. The van der Waals surface area contributed by atoms with Gasteiger partial charge in [-0.05, 0) is 17.7 Å². The van der Waals surface area contributed by atoms with Crippen molar-refractivity contribution < 1.29 is 5.11 Å². The first-order valence-corrected chi connectivity index (χ1v) is 10.4. The van der Waals surface area contributed by atoms with Crippen LogP contribution in [0.2, 0.25) is 0 Å². The topological polar surface area (TPSA) is 71.1 Å². The van der Waals surface area contributed by atoms with E-state index in [4.69, 9.17) is 5.41 Å². The van der Waals surface area contributed by atoms with Gasteiger partial charge in [0.15, 0.2) is 0 Å². The van der Waals surface area contributed by atoms with Crippen molar-refractivity contribution >= 4 is 29.0 Å². The summed E-state index contributed by atoms with van der Waals surface area (Å²) in [6, 6.07) is 29.0. The van der Waals surface area contributed by atoms with Gasteiger partial charge in [-0.2, -0.15) is 5.26 Å². The largest absolute Gasteiger partial charge is 0.507 e. The van der Waals surface area contributed by atoms with E-state index >= 15 is 0 Å². The van der Waals surface area contributed by atoms with Crippen molar-refractivity contribution in [3.63, 3.8) is 0 Å². The monoisotopic (exact) mass is 407 g/mol. The lowest BCUT2D eigenvalue weighted by Crippen LogP contribution is -2.36. The van der Waals surface area contributed by atoms with Crippen molar-refractivity contribution in [2.75, 3.05) is 4.90 Å². The van der Waals surface area contributed by atoms with E-state index in [0.717, 1.165) is 21.2 Å². The second kappa shape index (κ2) is 7.25. The number of rotatable bonds is 2. The van der Waals surface area contributed by atoms with Gasteiger partial charge < -0.3 is 5.11 Å². The fourth-order valence-electron chi connectivity index (χ4n) is 4.00. The number of hydrogen-bond donors (Lipinski definition) is 2. The summed E-state index contributed by atoms with van der Waals surface area (Å²) in [4.78, 5) is 2.78. The van der Waals surface area contributed by atoms with Crippen molar-refractivity contribution in [1.29, 1.82) is 10.7 Å². The van der Waals surface area contributed by atoms with Gasteiger partial charge in [0.2, 0.25) is 0 Å². The summed E-state index contributed by atoms with van der Waals surface area (Å²) in [5.41, 5.74) is 3.33. The van der Waals surface area contributed by atoms with E-state index in [9.17, 15) is 10.4 Å². The first kappa shape index (κ1) is 18.3. The van der Waals surface area contributed by atoms with E-state index in [-0.39, 0.29) is 11.6 Å². The third-order valence-electron chi connectivity index (χ3n) is 5.36. The highest BCUT2D eigenvalue weighted by Crippen LogP contribution is 2.54. The number of nitrogens with one attached hydrogen (secondary N) is 1. The Morgan fingerprint density at radius 1 is 0.933 bits per heavy atom. The smallest absolute Gasteiger partial charge is 0.138 e. The second-order valence-electron chi connectivity index (χ2n) is 7.06. The molecule has 0 spiro atoms. The SMILES string of the molecule is N#CC1=C2Sc3ccccc3N2C(=N)/C(=C(/O)c2ccccc2)C1c1ccccc1. The minimum absolute atomic E-state index is 0.0237. The molecule has 0 aliphatic carbocycles. The fourth-order valence-corrected chi connectivity index (χ4v) is 5.17. The zero-order valence-electron chi connectivity index (χ0n) is 15.9. The van der Waals surface area contributed by atoms with Crippen LogP contribution in [-0.2, 0) is 0 Å². The highest BCUT2D eigenvalue weighted by Gasteiger charge is 2.43. The van der Waals surface area contributed by atoms with Gasteiger partial charge in [0.25, 0.3) is 0 Å². The molecule has 2 heterocycles. The maximum Gasteiger partial charge on any atom is 0.138 e. The molecule has 4 nitrogen and oxygen atoms in total. The molecule has 1 unspecified atom stereocenters. The molecule has 0 saturated heterocycles. The summed E-state index contributed by atoms with van der Waals surface area (Å²) in [6.07, 6.45) is 0. The minimum atomic E-state index is -0.517. The van der Waals surface area contributed by atoms with Crippen LogP contribution in [0, 0.1) is 16.7 Å². The quantitative estimate of drug-likeness (QED) is 0.505. The minimum Gasteiger partial charge on any atom is -0.507 e. The molecule has 0 fully saturated rings. The standard InChI is InChI=1S/C25H17N3OS/c26-15-18-21(16-9-3-1-4-10-16)22(23(29)17-11-5-2-6-12-17)24(27)28-19-13-7-8-14-20(19)30-25(18)28/h1-14,21,27,29H/b23-22+,27-24?. The number of nitrogens with zero attached hydrogens (tertiary/aromatic N) is 2. The number of allylic oxidation sites excluding steroid dienone is 1. The molecule has 1 atom stereocenters. The van der Waals surface area contributed by atoms with Crippen LogP contribution >= 0.6 is 11.8 Å². The van der Waals surface area contributed by atoms with Gasteiger partial charge >= 0.3 is 0 Å². The van der Waals surface area contributed by atoms with Crippen molar-refractivity contribution in [3.8, 4) is 6.07 Å². The summed E-state index contributed by atoms with van der Waals surface area (Å²) in [5.74, 6) is -0.302. The fraction of sp³-hybridized carbons (Fsp3) is 0.0400. The van der Waals surface area contributed by atoms with Crippen LogP contribution in [0.5, 0.6) is 0 Å². The van der Waals surface area contributed by atoms with Crippen molar-refractivity contribution in [2.45, 2.75) is 10.8 Å². The van der Waals surface area contributed by atoms with E-state index in [1.807, 2.05) is 84.9 Å². The first-order valence-electron chi connectivity index (χ1n) is 9.54. The number of hydrogen-bond acceptors (Lipinski definition) is 4. The molecule has 2 aliphatic heterocycles. The molecule has 2 N–H and O–H groups in total. The lowest BCUT2D eigenvalue weighted by molar-refractivity contribution is 0.505. The molecule has 3 aromatic rings. The van der Waals surface area contributed by atoms with Crippen LogP contribution in [-0.4, -0.2) is 10.9 Å². The Balaban J connectivity index is 1.82. The maximum atomic E-state index is 11.3. The Labute approximate surface area is 178 Å². The highest BCUT2D eigenvalue weighted by molar-refractivity contribution is 8.03. The molecule has 0 radical (unpaired) electrons. The Bertz CT molecular complexity index is 1260. The molecular formula is C25H17N3OS. The van der Waals surface area contributed by atoms with E-state index in [1.165, 1.54) is 11.8 Å². The Morgan fingerprint density at radius 2 is 1.57 bits per heavy atom. The molecule has 30 heavy (non-hydrogen) atoms. The average Bonchev–Trinajstić information content (AvgIpc) is 3.19. The molecule has 144 valence electrons. The predicted octanol–water partition coefficient (Wildman–Crippen LogP) is 6.08. The van der Waals surface area contributed by atoms with Gasteiger partial charge in [0, 0.05) is 16.0 Å². The summed E-state index contributed by atoms with van der Waals surface area (Å²) in [7, 11) is 0. The third-order valence-corrected chi connectivity index (χ3v) is 6.52. The van der Waals surface area contributed by atoms with Crippen LogP contribution in [0.4, 0.5) is 5.69 Å². The van der Waals surface area contributed by atoms with Crippen LogP contribution in [0.1, 0.15) is 17.0 Å². The first-order chi connectivity index (χ1) is 14.7. The van der Waals surface area contributed by atoms with Crippen molar-refractivity contribution in [1.82, 2.24) is 0 Å².